The van der Waals surface area contributed by atoms with E-state index in [9.17, 15) is 4.79 Å². The molecule has 1 saturated heterocycles. The van der Waals surface area contributed by atoms with Crippen LogP contribution in [0.2, 0.25) is 0 Å². The third-order valence-corrected chi connectivity index (χ3v) is 4.59. The molecule has 0 spiro atoms. The Bertz CT molecular complexity index is 863. The molecule has 0 saturated carbocycles. The van der Waals surface area contributed by atoms with Crippen LogP contribution in [0.1, 0.15) is 36.0 Å². The third-order valence-electron chi connectivity index (χ3n) is 4.59. The lowest BCUT2D eigenvalue weighted by Gasteiger charge is -2.03. The van der Waals surface area contributed by atoms with E-state index in [-0.39, 0.29) is 11.8 Å². The Morgan fingerprint density at radius 1 is 1.36 bits per heavy atom. The Hall–Kier alpha value is -2.67. The zero-order chi connectivity index (χ0) is 17.1. The van der Waals surface area contributed by atoms with Gasteiger partial charge in [-0.3, -0.25) is 9.89 Å². The van der Waals surface area contributed by atoms with Crippen molar-refractivity contribution in [1.82, 2.24) is 25.5 Å². The highest BCUT2D eigenvalue weighted by Gasteiger charge is 2.21. The van der Waals surface area contributed by atoms with E-state index in [1.165, 1.54) is 5.39 Å². The smallest absolute Gasteiger partial charge is 0.220 e. The fraction of sp³-hybridized carbons (Fsp3) is 0.389. The molecule has 2 aromatic heterocycles. The molecular weight excluding hydrogens is 318 g/mol. The van der Waals surface area contributed by atoms with Gasteiger partial charge < -0.3 is 15.0 Å². The maximum absolute atomic E-state index is 12.1. The standard InChI is InChI=1S/C18H21N5O2/c24-17(6-5-12-9-19-15-4-2-1-3-14(12)15)20-10-16-21-18(23-22-16)13-7-8-25-11-13/h1-4,9,13,19H,5-8,10-11H2,(H,20,24)(H,21,22,23). The normalized spacial score (nSPS) is 17.2. The van der Waals surface area contributed by atoms with Gasteiger partial charge in [-0.25, -0.2) is 4.98 Å². The minimum absolute atomic E-state index is 0.00688. The lowest BCUT2D eigenvalue weighted by molar-refractivity contribution is -0.121. The molecular formula is C18H21N5O2. The Kier molecular flexibility index (Phi) is 4.47. The van der Waals surface area contributed by atoms with Gasteiger partial charge in [-0.15, -0.1) is 0 Å². The fourth-order valence-electron chi connectivity index (χ4n) is 3.17. The highest BCUT2D eigenvalue weighted by Crippen LogP contribution is 2.21. The summed E-state index contributed by atoms with van der Waals surface area (Å²) in [6.45, 7) is 1.81. The van der Waals surface area contributed by atoms with E-state index >= 15 is 0 Å². The number of carbonyl (C=O) groups is 1. The summed E-state index contributed by atoms with van der Waals surface area (Å²) in [5.74, 6) is 1.73. The van der Waals surface area contributed by atoms with Crippen molar-refractivity contribution in [2.24, 2.45) is 0 Å². The van der Waals surface area contributed by atoms with E-state index < -0.39 is 0 Å². The third kappa shape index (κ3) is 3.56. The summed E-state index contributed by atoms with van der Waals surface area (Å²) in [5, 5.41) is 11.2. The molecule has 25 heavy (non-hydrogen) atoms. The first kappa shape index (κ1) is 15.8. The molecule has 3 N–H and O–H groups in total. The van der Waals surface area contributed by atoms with E-state index in [0.29, 0.717) is 31.8 Å². The SMILES string of the molecule is O=C(CCc1c[nH]c2ccccc12)NCc1nc(C2CCOC2)n[nH]1. The number of hydrogen-bond acceptors (Lipinski definition) is 4. The maximum Gasteiger partial charge on any atom is 0.220 e. The van der Waals surface area contributed by atoms with Gasteiger partial charge in [0, 0.05) is 36.0 Å². The molecule has 0 bridgehead atoms. The molecule has 1 aliphatic heterocycles. The maximum atomic E-state index is 12.1. The molecule has 1 amide bonds. The number of ether oxygens (including phenoxy) is 1. The summed E-state index contributed by atoms with van der Waals surface area (Å²) >= 11 is 0. The number of nitrogens with zero attached hydrogens (tertiary/aromatic N) is 2. The summed E-state index contributed by atoms with van der Waals surface area (Å²) in [5.41, 5.74) is 2.26. The molecule has 0 radical (unpaired) electrons. The summed E-state index contributed by atoms with van der Waals surface area (Å²) in [4.78, 5) is 19.8. The predicted molar refractivity (Wildman–Crippen MR) is 93.0 cm³/mol. The first-order valence-corrected chi connectivity index (χ1v) is 8.60. The Balaban J connectivity index is 1.28. The number of fused-ring (bicyclic) bond motifs is 1. The zero-order valence-corrected chi connectivity index (χ0v) is 13.9. The van der Waals surface area contributed by atoms with Crippen molar-refractivity contribution in [1.29, 1.82) is 0 Å². The van der Waals surface area contributed by atoms with Crippen LogP contribution >= 0.6 is 0 Å². The van der Waals surface area contributed by atoms with Crippen molar-refractivity contribution in [3.8, 4) is 0 Å². The van der Waals surface area contributed by atoms with Gasteiger partial charge in [0.1, 0.15) is 5.82 Å². The van der Waals surface area contributed by atoms with Crippen LogP contribution in [0.3, 0.4) is 0 Å². The van der Waals surface area contributed by atoms with Crippen molar-refractivity contribution in [2.45, 2.75) is 31.7 Å². The lowest BCUT2D eigenvalue weighted by Crippen LogP contribution is -2.23. The number of nitrogens with one attached hydrogen (secondary N) is 3. The molecule has 1 aliphatic rings. The van der Waals surface area contributed by atoms with E-state index in [1.807, 2.05) is 24.4 Å². The molecule has 1 fully saturated rings. The first-order valence-electron chi connectivity index (χ1n) is 8.60. The fourth-order valence-corrected chi connectivity index (χ4v) is 3.17. The van der Waals surface area contributed by atoms with Crippen LogP contribution in [0.25, 0.3) is 10.9 Å². The van der Waals surface area contributed by atoms with Crippen molar-refractivity contribution in [3.63, 3.8) is 0 Å². The minimum atomic E-state index is 0.00688. The number of carbonyl (C=O) groups excluding carboxylic acids is 1. The predicted octanol–water partition coefficient (Wildman–Crippen LogP) is 2.04. The quantitative estimate of drug-likeness (QED) is 0.640. The second kappa shape index (κ2) is 7.06. The number of aromatic amines is 2. The molecule has 3 aromatic rings. The summed E-state index contributed by atoms with van der Waals surface area (Å²) < 4.78 is 5.35. The first-order chi connectivity index (χ1) is 12.3. The van der Waals surface area contributed by atoms with Gasteiger partial charge in [-0.1, -0.05) is 18.2 Å². The zero-order valence-electron chi connectivity index (χ0n) is 13.9. The number of rotatable bonds is 6. The van der Waals surface area contributed by atoms with Crippen LogP contribution in [0.15, 0.2) is 30.5 Å². The highest BCUT2D eigenvalue weighted by atomic mass is 16.5. The Morgan fingerprint density at radius 2 is 2.28 bits per heavy atom. The minimum Gasteiger partial charge on any atom is -0.381 e. The van der Waals surface area contributed by atoms with Crippen LogP contribution in [0, 0.1) is 0 Å². The number of benzene rings is 1. The lowest BCUT2D eigenvalue weighted by atomic mass is 10.1. The number of para-hydroxylation sites is 1. The van der Waals surface area contributed by atoms with Crippen molar-refractivity contribution in [3.05, 3.63) is 47.7 Å². The van der Waals surface area contributed by atoms with Crippen LogP contribution in [-0.4, -0.2) is 39.3 Å². The second-order valence-corrected chi connectivity index (χ2v) is 6.34. The molecule has 3 heterocycles. The van der Waals surface area contributed by atoms with Crippen molar-refractivity contribution >= 4 is 16.8 Å². The van der Waals surface area contributed by atoms with Gasteiger partial charge in [0.2, 0.25) is 5.91 Å². The summed E-state index contributed by atoms with van der Waals surface area (Å²) in [6, 6.07) is 8.12. The van der Waals surface area contributed by atoms with Gasteiger partial charge in [-0.05, 0) is 24.5 Å². The summed E-state index contributed by atoms with van der Waals surface area (Å²) in [6.07, 6.45) is 4.08. The molecule has 4 rings (SSSR count). The van der Waals surface area contributed by atoms with Gasteiger partial charge in [0.05, 0.1) is 13.2 Å². The molecule has 7 nitrogen and oxygen atoms in total. The molecule has 1 aromatic carbocycles. The molecule has 1 unspecified atom stereocenters. The topological polar surface area (TPSA) is 95.7 Å². The van der Waals surface area contributed by atoms with Gasteiger partial charge in [0.15, 0.2) is 5.82 Å². The number of aromatic nitrogens is 4. The Morgan fingerprint density at radius 3 is 3.16 bits per heavy atom. The van der Waals surface area contributed by atoms with Crippen LogP contribution < -0.4 is 5.32 Å². The summed E-state index contributed by atoms with van der Waals surface area (Å²) in [7, 11) is 0. The van der Waals surface area contributed by atoms with Crippen molar-refractivity contribution in [2.75, 3.05) is 13.2 Å². The number of hydrogen-bond donors (Lipinski definition) is 3. The number of amides is 1. The van der Waals surface area contributed by atoms with Gasteiger partial charge in [0.25, 0.3) is 0 Å². The van der Waals surface area contributed by atoms with E-state index in [4.69, 9.17) is 4.74 Å². The van der Waals surface area contributed by atoms with Gasteiger partial charge in [-0.2, -0.15) is 5.10 Å². The largest absolute Gasteiger partial charge is 0.381 e. The highest BCUT2D eigenvalue weighted by molar-refractivity contribution is 5.84. The van der Waals surface area contributed by atoms with E-state index in [2.05, 4.69) is 31.5 Å². The van der Waals surface area contributed by atoms with Crippen molar-refractivity contribution < 1.29 is 9.53 Å². The van der Waals surface area contributed by atoms with E-state index in [1.54, 1.807) is 0 Å². The number of aryl methyl sites for hydroxylation is 1. The van der Waals surface area contributed by atoms with Crippen LogP contribution in [0.5, 0.6) is 0 Å². The van der Waals surface area contributed by atoms with E-state index in [0.717, 1.165) is 29.9 Å². The Labute approximate surface area is 145 Å². The van der Waals surface area contributed by atoms with Gasteiger partial charge >= 0.3 is 0 Å². The van der Waals surface area contributed by atoms with Crippen LogP contribution in [0.4, 0.5) is 0 Å². The average molecular weight is 339 g/mol. The molecule has 0 aliphatic carbocycles. The monoisotopic (exact) mass is 339 g/mol. The second-order valence-electron chi connectivity index (χ2n) is 6.34. The molecule has 7 heteroatoms. The number of H-pyrrole nitrogens is 2. The molecule has 130 valence electrons. The molecule has 1 atom stereocenters. The average Bonchev–Trinajstić information content (AvgIpc) is 3.38. The van der Waals surface area contributed by atoms with Crippen LogP contribution in [-0.2, 0) is 22.5 Å².